The third kappa shape index (κ3) is 2.62. The summed E-state index contributed by atoms with van der Waals surface area (Å²) in [6, 6.07) is 3.92. The van der Waals surface area contributed by atoms with E-state index in [-0.39, 0.29) is 0 Å². The van der Waals surface area contributed by atoms with Gasteiger partial charge in [-0.1, -0.05) is 11.4 Å². The molecule has 16 heavy (non-hydrogen) atoms. The lowest BCUT2D eigenvalue weighted by atomic mass is 10.2. The summed E-state index contributed by atoms with van der Waals surface area (Å²) in [4.78, 5) is 5.26. The van der Waals surface area contributed by atoms with E-state index in [1.165, 1.54) is 16.4 Å². The van der Waals surface area contributed by atoms with Gasteiger partial charge in [-0.2, -0.15) is 0 Å². The fourth-order valence-electron chi connectivity index (χ4n) is 1.43. The summed E-state index contributed by atoms with van der Waals surface area (Å²) in [5.74, 6) is 0. The van der Waals surface area contributed by atoms with Crippen molar-refractivity contribution in [1.29, 1.82) is 0 Å². The Bertz CT molecular complexity index is 427. The standard InChI is InChI=1S/C11H14N4S/c1-2-5-12-8-10-11(14-15-16-10)9-4-3-6-13-7-9/h3-4,6-7,12H,2,5,8H2,1H3. The van der Waals surface area contributed by atoms with E-state index in [1.807, 2.05) is 18.3 Å². The van der Waals surface area contributed by atoms with Gasteiger partial charge in [-0.3, -0.25) is 4.98 Å². The quantitative estimate of drug-likeness (QED) is 0.805. The van der Waals surface area contributed by atoms with Crippen LogP contribution in [0.1, 0.15) is 18.2 Å². The zero-order valence-electron chi connectivity index (χ0n) is 9.18. The zero-order chi connectivity index (χ0) is 11.2. The molecule has 0 aliphatic heterocycles. The Kier molecular flexibility index (Phi) is 3.96. The van der Waals surface area contributed by atoms with Crippen LogP contribution in [0.2, 0.25) is 0 Å². The maximum Gasteiger partial charge on any atom is 0.111 e. The number of aromatic nitrogens is 3. The molecular formula is C11H14N4S. The van der Waals surface area contributed by atoms with Crippen molar-refractivity contribution >= 4 is 11.5 Å². The molecule has 0 spiro atoms. The van der Waals surface area contributed by atoms with Crippen LogP contribution >= 0.6 is 11.5 Å². The van der Waals surface area contributed by atoms with Crippen molar-refractivity contribution < 1.29 is 0 Å². The molecule has 0 saturated heterocycles. The van der Waals surface area contributed by atoms with Gasteiger partial charge >= 0.3 is 0 Å². The summed E-state index contributed by atoms with van der Waals surface area (Å²) >= 11 is 1.44. The topological polar surface area (TPSA) is 50.7 Å². The molecule has 2 aromatic rings. The maximum atomic E-state index is 4.15. The SMILES string of the molecule is CCCNCc1snnc1-c1cccnc1. The molecule has 0 bridgehead atoms. The molecule has 5 heteroatoms. The number of nitrogens with zero attached hydrogens (tertiary/aromatic N) is 3. The molecular weight excluding hydrogens is 220 g/mol. The number of rotatable bonds is 5. The molecule has 0 atom stereocenters. The van der Waals surface area contributed by atoms with Crippen LogP contribution in [0.4, 0.5) is 0 Å². The van der Waals surface area contributed by atoms with Gasteiger partial charge in [0, 0.05) is 24.5 Å². The molecule has 2 aromatic heterocycles. The molecule has 1 N–H and O–H groups in total. The fraction of sp³-hybridized carbons (Fsp3) is 0.364. The summed E-state index contributed by atoms with van der Waals surface area (Å²) in [6.07, 6.45) is 4.72. The first-order valence-corrected chi connectivity index (χ1v) is 6.11. The molecule has 2 heterocycles. The second-order valence-corrected chi connectivity index (χ2v) is 4.30. The smallest absolute Gasteiger partial charge is 0.111 e. The highest BCUT2D eigenvalue weighted by Crippen LogP contribution is 2.22. The average molecular weight is 234 g/mol. The summed E-state index contributed by atoms with van der Waals surface area (Å²) < 4.78 is 4.00. The minimum atomic E-state index is 0.829. The largest absolute Gasteiger partial charge is 0.312 e. The van der Waals surface area contributed by atoms with Gasteiger partial charge in [0.15, 0.2) is 0 Å². The van der Waals surface area contributed by atoms with Crippen LogP contribution in [0.25, 0.3) is 11.3 Å². The average Bonchev–Trinajstić information content (AvgIpc) is 2.79. The Labute approximate surface area is 98.9 Å². The van der Waals surface area contributed by atoms with Crippen molar-refractivity contribution in [3.8, 4) is 11.3 Å². The van der Waals surface area contributed by atoms with Gasteiger partial charge in [0.25, 0.3) is 0 Å². The van der Waals surface area contributed by atoms with E-state index < -0.39 is 0 Å². The highest BCUT2D eigenvalue weighted by molar-refractivity contribution is 7.05. The second-order valence-electron chi connectivity index (χ2n) is 3.46. The fourth-order valence-corrected chi connectivity index (χ4v) is 2.06. The number of nitrogens with one attached hydrogen (secondary N) is 1. The van der Waals surface area contributed by atoms with Gasteiger partial charge in [-0.15, -0.1) is 5.10 Å². The lowest BCUT2D eigenvalue weighted by molar-refractivity contribution is 0.681. The Morgan fingerprint density at radius 3 is 3.12 bits per heavy atom. The zero-order valence-corrected chi connectivity index (χ0v) is 10.00. The van der Waals surface area contributed by atoms with Crippen molar-refractivity contribution in [1.82, 2.24) is 19.9 Å². The minimum absolute atomic E-state index is 0.829. The third-order valence-electron chi connectivity index (χ3n) is 2.20. The number of hydrogen-bond donors (Lipinski definition) is 1. The van der Waals surface area contributed by atoms with Crippen LogP contribution in [-0.4, -0.2) is 21.1 Å². The van der Waals surface area contributed by atoms with E-state index in [9.17, 15) is 0 Å². The van der Waals surface area contributed by atoms with Crippen molar-refractivity contribution in [3.05, 3.63) is 29.4 Å². The van der Waals surface area contributed by atoms with Crippen molar-refractivity contribution in [2.75, 3.05) is 6.54 Å². The molecule has 84 valence electrons. The normalized spacial score (nSPS) is 10.6. The van der Waals surface area contributed by atoms with Crippen LogP contribution in [0.5, 0.6) is 0 Å². The summed E-state index contributed by atoms with van der Waals surface area (Å²) in [5, 5.41) is 7.51. The summed E-state index contributed by atoms with van der Waals surface area (Å²) in [6.45, 7) is 4.00. The highest BCUT2D eigenvalue weighted by atomic mass is 32.1. The van der Waals surface area contributed by atoms with Crippen LogP contribution in [0, 0.1) is 0 Å². The molecule has 0 unspecified atom stereocenters. The van der Waals surface area contributed by atoms with E-state index in [1.54, 1.807) is 6.20 Å². The minimum Gasteiger partial charge on any atom is -0.312 e. The Morgan fingerprint density at radius 1 is 1.44 bits per heavy atom. The molecule has 4 nitrogen and oxygen atoms in total. The maximum absolute atomic E-state index is 4.15. The summed E-state index contributed by atoms with van der Waals surface area (Å²) in [7, 11) is 0. The Hall–Kier alpha value is -1.33. The van der Waals surface area contributed by atoms with Gasteiger partial charge in [0.1, 0.15) is 5.69 Å². The second kappa shape index (κ2) is 5.67. The Balaban J connectivity index is 2.13. The van der Waals surface area contributed by atoms with Gasteiger partial charge < -0.3 is 5.32 Å². The van der Waals surface area contributed by atoms with Gasteiger partial charge in [-0.05, 0) is 36.6 Å². The van der Waals surface area contributed by atoms with Gasteiger partial charge in [0.2, 0.25) is 0 Å². The highest BCUT2D eigenvalue weighted by Gasteiger charge is 2.09. The van der Waals surface area contributed by atoms with E-state index in [4.69, 9.17) is 0 Å². The number of hydrogen-bond acceptors (Lipinski definition) is 5. The van der Waals surface area contributed by atoms with Crippen LogP contribution in [0.3, 0.4) is 0 Å². The number of pyridine rings is 1. The van der Waals surface area contributed by atoms with E-state index in [0.717, 1.165) is 30.8 Å². The molecule has 0 aromatic carbocycles. The first-order valence-electron chi connectivity index (χ1n) is 5.34. The monoisotopic (exact) mass is 234 g/mol. The predicted octanol–water partition coefficient (Wildman–Crippen LogP) is 2.10. The third-order valence-corrected chi connectivity index (χ3v) is 2.92. The van der Waals surface area contributed by atoms with Crippen LogP contribution in [-0.2, 0) is 6.54 Å². The van der Waals surface area contributed by atoms with E-state index >= 15 is 0 Å². The molecule has 0 radical (unpaired) electrons. The van der Waals surface area contributed by atoms with Gasteiger partial charge in [0.05, 0.1) is 4.88 Å². The molecule has 0 aliphatic rings. The summed E-state index contributed by atoms with van der Waals surface area (Å²) in [5.41, 5.74) is 1.98. The molecule has 0 fully saturated rings. The van der Waals surface area contributed by atoms with E-state index in [0.29, 0.717) is 0 Å². The van der Waals surface area contributed by atoms with E-state index in [2.05, 4.69) is 26.8 Å². The molecule has 0 aliphatic carbocycles. The molecule has 2 rings (SSSR count). The van der Waals surface area contributed by atoms with Gasteiger partial charge in [-0.25, -0.2) is 0 Å². The first-order chi connectivity index (χ1) is 7.92. The lowest BCUT2D eigenvalue weighted by Gasteiger charge is -2.02. The van der Waals surface area contributed by atoms with Crippen molar-refractivity contribution in [3.63, 3.8) is 0 Å². The van der Waals surface area contributed by atoms with Crippen LogP contribution < -0.4 is 5.32 Å². The molecule has 0 saturated carbocycles. The van der Waals surface area contributed by atoms with Crippen LogP contribution in [0.15, 0.2) is 24.5 Å². The lowest BCUT2D eigenvalue weighted by Crippen LogP contribution is -2.13. The predicted molar refractivity (Wildman–Crippen MR) is 65.1 cm³/mol. The van der Waals surface area contributed by atoms with Crippen molar-refractivity contribution in [2.45, 2.75) is 19.9 Å². The molecule has 0 amide bonds. The first kappa shape index (κ1) is 11.2. The Morgan fingerprint density at radius 2 is 2.38 bits per heavy atom. The van der Waals surface area contributed by atoms with Crippen molar-refractivity contribution in [2.24, 2.45) is 0 Å².